The Hall–Kier alpha value is -8.27. The van der Waals surface area contributed by atoms with Crippen LogP contribution in [0.5, 0.6) is 11.5 Å². The van der Waals surface area contributed by atoms with Crippen molar-refractivity contribution >= 4 is 53.5 Å². The number of nitrogens with zero attached hydrogens (tertiary/aromatic N) is 1. The number of carbonyl (C=O) groups is 9. The third-order valence-electron chi connectivity index (χ3n) is 23.0. The Kier molecular flexibility index (Phi) is 25.9. The van der Waals surface area contributed by atoms with Gasteiger partial charge in [0.25, 0.3) is 5.91 Å². The number of fused-ring (bicyclic) bond motifs is 6. The molecule has 21 heteroatoms. The number of benzene rings is 4. The average molecular weight is 1450 g/mol. The van der Waals surface area contributed by atoms with Crippen LogP contribution >= 0.6 is 0 Å². The van der Waals surface area contributed by atoms with E-state index in [1.807, 2.05) is 20.8 Å². The molecule has 0 radical (unpaired) electrons. The minimum Gasteiger partial charge on any atom is -0.487 e. The molecule has 3 aliphatic carbocycles. The van der Waals surface area contributed by atoms with Crippen molar-refractivity contribution in [1.82, 2.24) is 10.2 Å². The lowest BCUT2D eigenvalue weighted by Gasteiger charge is -2.67. The molecule has 2 unspecified atom stereocenters. The number of nitrogens with one attached hydrogen (secondary N) is 1. The summed E-state index contributed by atoms with van der Waals surface area (Å²) >= 11 is 0. The van der Waals surface area contributed by atoms with Gasteiger partial charge >= 0.3 is 41.8 Å². The van der Waals surface area contributed by atoms with Gasteiger partial charge in [0, 0.05) is 43.2 Å². The molecule has 2 aliphatic heterocycles. The van der Waals surface area contributed by atoms with E-state index < -0.39 is 150 Å². The summed E-state index contributed by atoms with van der Waals surface area (Å²) in [4.78, 5) is 134. The molecule has 2 saturated carbocycles. The monoisotopic (exact) mass is 1450 g/mol. The van der Waals surface area contributed by atoms with Crippen LogP contribution in [0.25, 0.3) is 0 Å². The number of amides is 1. The summed E-state index contributed by atoms with van der Waals surface area (Å²) in [7, 11) is 3.27. The highest BCUT2D eigenvalue weighted by molar-refractivity contribution is 5.97. The highest BCUT2D eigenvalue weighted by Crippen LogP contribution is 2.65. The maximum Gasteiger partial charge on any atom is 0.350 e. The summed E-state index contributed by atoms with van der Waals surface area (Å²) in [6.07, 6.45) is -0.267. The smallest absolute Gasteiger partial charge is 0.350 e. The second-order valence-corrected chi connectivity index (χ2v) is 31.9. The number of carbonyl (C=O) groups excluding carboxylic acids is 9. The molecule has 2 N–H and O–H groups in total. The van der Waals surface area contributed by atoms with E-state index in [2.05, 4.69) is 39.9 Å². The molecule has 0 spiro atoms. The van der Waals surface area contributed by atoms with Crippen LogP contribution < -0.4 is 14.8 Å². The number of aliphatic hydroxyl groups is 1. The fourth-order valence-corrected chi connectivity index (χ4v) is 16.9. The molecule has 1 saturated heterocycles. The van der Waals surface area contributed by atoms with Gasteiger partial charge in [0.05, 0.1) is 42.9 Å². The third kappa shape index (κ3) is 17.7. The van der Waals surface area contributed by atoms with Gasteiger partial charge in [-0.2, -0.15) is 0 Å². The molecule has 4 aromatic rings. The van der Waals surface area contributed by atoms with Gasteiger partial charge in [-0.3, -0.25) is 38.5 Å². The SMILES string of the molecule is CC(=O)O[C@H]1C(=O)[C@@]2(C)C(C(OC(=O)c3ccccc3)[C@]3(O)C[C@H](OC(=O)[C@H](OC(=O)CCC(=O)Oc4c(C)c(C)c5c(c4C)CC[C@@](C)(CCC[C@H](C)CCC[C@H](C)CCCC(C)C)O5)[C@@H](NC(=O)c4ccccc4)c4ccccc4)C(C)=C1C3(C)C)[C@]1(OC(C)=O)CO[C@@H]1C[C@@H]2OC(=O)CN(C)C. The summed E-state index contributed by atoms with van der Waals surface area (Å²) < 4.78 is 57.5. The lowest BCUT2D eigenvalue weighted by Crippen LogP contribution is -2.82. The number of Topliss-reactive ketones (excluding diaryl/α,β-unsaturated/α-hetero) is 1. The lowest BCUT2D eigenvalue weighted by molar-refractivity contribution is -0.346. The quantitative estimate of drug-likeness (QED) is 0.0212. The van der Waals surface area contributed by atoms with Gasteiger partial charge in [0.15, 0.2) is 17.5 Å². The molecule has 1 amide bonds. The summed E-state index contributed by atoms with van der Waals surface area (Å²) in [6.45, 7) is 24.8. The standard InChI is InChI=1S/C84H110N2O19/c1-49(2)29-26-30-50(3)31-27-32-51(4)33-28-43-81(13)44-42-61-54(7)70(52(5)53(6)71(61)105-81)101-65(89)40-41-66(90)102-73(69(58-34-20-17-21-35-58)85-77(93)59-36-22-18-23-37-59)79(95)99-62-46-84(96)76(103-78(94)60-38-24-19-25-39-60)74-82(14,75(92)72(98-56(9)87)68(55(62)8)80(84,11)12)63(100-67(91)47-86(15)16)45-64-83(74,48-97-64)104-57(10)88/h17-25,34-39,49-51,62-64,69,72-74,76,96H,26-33,40-48H2,1-16H3,(H,85,93)/t50-,51-,62+,63+,64-,69+,72-,73-,74?,76?,81-,82-,83+,84-/m1/s1. The Morgan fingerprint density at radius 3 is 1.86 bits per heavy atom. The third-order valence-corrected chi connectivity index (χ3v) is 23.0. The minimum absolute atomic E-state index is 0.00788. The van der Waals surface area contributed by atoms with Crippen LogP contribution in [0.4, 0.5) is 0 Å². The number of ether oxygens (including phenoxy) is 9. The van der Waals surface area contributed by atoms with E-state index in [0.717, 1.165) is 73.8 Å². The molecule has 21 nitrogen and oxygen atoms in total. The molecule has 570 valence electrons. The van der Waals surface area contributed by atoms with E-state index in [1.54, 1.807) is 112 Å². The van der Waals surface area contributed by atoms with Gasteiger partial charge in [-0.15, -0.1) is 0 Å². The van der Waals surface area contributed by atoms with Crippen LogP contribution in [0.15, 0.2) is 102 Å². The molecule has 105 heavy (non-hydrogen) atoms. The molecule has 5 aliphatic rings. The number of ketones is 1. The summed E-state index contributed by atoms with van der Waals surface area (Å²) in [6, 6.07) is 22.5. The predicted octanol–water partition coefficient (Wildman–Crippen LogP) is 13.2. The van der Waals surface area contributed by atoms with Crippen LogP contribution in [-0.2, 0) is 73.1 Å². The first kappa shape index (κ1) is 80.8. The van der Waals surface area contributed by atoms with Crippen LogP contribution in [0.1, 0.15) is 221 Å². The van der Waals surface area contributed by atoms with Crippen LogP contribution in [0.2, 0.25) is 0 Å². The molecule has 3 fully saturated rings. The molecular weight excluding hydrogens is 1340 g/mol. The van der Waals surface area contributed by atoms with Crippen molar-refractivity contribution in [2.24, 2.45) is 34.5 Å². The Labute approximate surface area is 618 Å². The number of esters is 7. The fraction of sp³-hybridized carbons (Fsp3) is 0.583. The highest BCUT2D eigenvalue weighted by atomic mass is 16.6. The zero-order valence-corrected chi connectivity index (χ0v) is 64.3. The topological polar surface area (TPSA) is 272 Å². The molecule has 14 atom stereocenters. The Balaban J connectivity index is 1.03. The molecule has 0 aromatic heterocycles. The van der Waals surface area contributed by atoms with Crippen molar-refractivity contribution in [3.05, 3.63) is 141 Å². The van der Waals surface area contributed by atoms with E-state index in [1.165, 1.54) is 64.5 Å². The molecule has 9 rings (SSSR count). The number of likely N-dealkylation sites (N-methyl/N-ethyl adjacent to an activating group) is 1. The van der Waals surface area contributed by atoms with Crippen LogP contribution in [-0.4, -0.2) is 144 Å². The van der Waals surface area contributed by atoms with Gasteiger partial charge in [0.2, 0.25) is 6.10 Å². The normalized spacial score (nSPS) is 26.2. The molecule has 4 aromatic carbocycles. The largest absolute Gasteiger partial charge is 0.487 e. The number of hydrogen-bond donors (Lipinski definition) is 2. The van der Waals surface area contributed by atoms with Crippen molar-refractivity contribution in [3.8, 4) is 11.5 Å². The van der Waals surface area contributed by atoms with Gasteiger partial charge in [-0.1, -0.05) is 153 Å². The molecule has 2 heterocycles. The Bertz CT molecular complexity index is 3870. The second-order valence-electron chi connectivity index (χ2n) is 31.9. The molecular formula is C84H110N2O19. The first-order valence-electron chi connectivity index (χ1n) is 37.4. The van der Waals surface area contributed by atoms with Crippen molar-refractivity contribution in [1.29, 1.82) is 0 Å². The summed E-state index contributed by atoms with van der Waals surface area (Å²) in [5, 5.41) is 17.4. The van der Waals surface area contributed by atoms with E-state index in [-0.39, 0.29) is 46.4 Å². The maximum atomic E-state index is 16.6. The van der Waals surface area contributed by atoms with E-state index in [4.69, 9.17) is 42.6 Å². The van der Waals surface area contributed by atoms with Crippen molar-refractivity contribution in [2.75, 3.05) is 27.2 Å². The van der Waals surface area contributed by atoms with Gasteiger partial charge < -0.3 is 53.1 Å². The van der Waals surface area contributed by atoms with Crippen LogP contribution in [0, 0.1) is 55.3 Å². The highest BCUT2D eigenvalue weighted by Gasteiger charge is 2.79. The first-order valence-corrected chi connectivity index (χ1v) is 37.4. The van der Waals surface area contributed by atoms with Crippen molar-refractivity contribution in [3.63, 3.8) is 0 Å². The van der Waals surface area contributed by atoms with Gasteiger partial charge in [-0.25, -0.2) is 9.59 Å². The zero-order valence-electron chi connectivity index (χ0n) is 64.3. The van der Waals surface area contributed by atoms with E-state index in [9.17, 15) is 38.7 Å². The maximum absolute atomic E-state index is 16.6. The lowest BCUT2D eigenvalue weighted by atomic mass is 9.44. The second kappa shape index (κ2) is 33.7. The van der Waals surface area contributed by atoms with Crippen molar-refractivity contribution in [2.45, 2.75) is 253 Å². The summed E-state index contributed by atoms with van der Waals surface area (Å²) in [5.74, 6) is -6.76. The minimum atomic E-state index is -2.58. The first-order chi connectivity index (χ1) is 49.5. The van der Waals surface area contributed by atoms with Crippen molar-refractivity contribution < 1.29 is 90.9 Å². The van der Waals surface area contributed by atoms with E-state index >= 15 is 9.59 Å². The number of hydrogen-bond acceptors (Lipinski definition) is 20. The molecule has 2 bridgehead atoms. The average Bonchev–Trinajstić information content (AvgIpc) is 0.667. The summed E-state index contributed by atoms with van der Waals surface area (Å²) in [5.41, 5.74) is -5.25. The van der Waals surface area contributed by atoms with Gasteiger partial charge in [0.1, 0.15) is 53.2 Å². The number of rotatable bonds is 30. The fourth-order valence-electron chi connectivity index (χ4n) is 16.9. The Morgan fingerprint density at radius 2 is 1.28 bits per heavy atom. The van der Waals surface area contributed by atoms with Crippen LogP contribution in [0.3, 0.4) is 0 Å². The Morgan fingerprint density at radius 1 is 0.686 bits per heavy atom. The van der Waals surface area contributed by atoms with Gasteiger partial charge in [-0.05, 0) is 157 Å². The van der Waals surface area contributed by atoms with E-state index in [0.29, 0.717) is 23.7 Å². The zero-order chi connectivity index (χ0) is 76.7. The predicted molar refractivity (Wildman–Crippen MR) is 392 cm³/mol.